The summed E-state index contributed by atoms with van der Waals surface area (Å²) in [6.45, 7) is 4.84. The zero-order chi connectivity index (χ0) is 15.4. The van der Waals surface area contributed by atoms with Gasteiger partial charge in [-0.3, -0.25) is 5.10 Å². The molecule has 0 aliphatic rings. The van der Waals surface area contributed by atoms with Crippen LogP contribution >= 0.6 is 0 Å². The van der Waals surface area contributed by atoms with Gasteiger partial charge in [0.05, 0.1) is 12.8 Å². The fourth-order valence-corrected chi connectivity index (χ4v) is 3.11. The highest BCUT2D eigenvalue weighted by Crippen LogP contribution is 2.17. The molecule has 0 aromatic carbocycles. The third-order valence-electron chi connectivity index (χ3n) is 2.52. The second-order valence-electron chi connectivity index (χ2n) is 4.80. The summed E-state index contributed by atoms with van der Waals surface area (Å²) in [6.07, 6.45) is 1.33. The van der Waals surface area contributed by atoms with Crippen LogP contribution in [0.25, 0.3) is 0 Å². The molecule has 9 heteroatoms. The summed E-state index contributed by atoms with van der Waals surface area (Å²) in [5.41, 5.74) is -1.01. The minimum Gasteiger partial charge on any atom is -0.462 e. The summed E-state index contributed by atoms with van der Waals surface area (Å²) in [5, 5.41) is 14.4. The predicted molar refractivity (Wildman–Crippen MR) is 70.6 cm³/mol. The Hall–Kier alpha value is -1.45. The molecule has 1 aromatic heterocycles. The number of carbonyl (C=O) groups is 1. The molecule has 114 valence electrons. The van der Waals surface area contributed by atoms with E-state index < -0.39 is 21.5 Å². The van der Waals surface area contributed by atoms with E-state index >= 15 is 0 Å². The number of rotatable bonds is 7. The molecule has 0 saturated heterocycles. The van der Waals surface area contributed by atoms with Crippen LogP contribution in [-0.2, 0) is 14.8 Å². The summed E-state index contributed by atoms with van der Waals surface area (Å²) in [7, 11) is -3.97. The Bertz CT molecular complexity index is 564. The molecule has 3 N–H and O–H groups in total. The van der Waals surface area contributed by atoms with Crippen molar-refractivity contribution in [2.24, 2.45) is 0 Å². The molecule has 0 bridgehead atoms. The van der Waals surface area contributed by atoms with Crippen LogP contribution in [0.1, 0.15) is 37.6 Å². The van der Waals surface area contributed by atoms with Crippen LogP contribution in [-0.4, -0.2) is 48.4 Å². The van der Waals surface area contributed by atoms with E-state index in [1.54, 1.807) is 20.8 Å². The lowest BCUT2D eigenvalue weighted by molar-refractivity contribution is 0.0521. The van der Waals surface area contributed by atoms with Crippen LogP contribution in [0.5, 0.6) is 0 Å². The first kappa shape index (κ1) is 16.6. The number of ether oxygens (including phenoxy) is 1. The zero-order valence-electron chi connectivity index (χ0n) is 11.6. The molecule has 0 aliphatic heterocycles. The van der Waals surface area contributed by atoms with Crippen LogP contribution in [0.4, 0.5) is 0 Å². The minimum absolute atomic E-state index is 0.132. The average molecular weight is 305 g/mol. The number of nitrogens with zero attached hydrogens (tertiary/aromatic N) is 1. The number of hydrogen-bond donors (Lipinski definition) is 3. The fraction of sp³-hybridized carbons (Fsp3) is 0.636. The number of aliphatic hydroxyl groups excluding tert-OH is 1. The third-order valence-corrected chi connectivity index (χ3v) is 4.19. The molecule has 0 spiro atoms. The van der Waals surface area contributed by atoms with Crippen LogP contribution in [0.2, 0.25) is 0 Å². The summed E-state index contributed by atoms with van der Waals surface area (Å²) in [4.78, 5) is 11.7. The quantitative estimate of drug-likeness (QED) is 0.611. The van der Waals surface area contributed by atoms with Gasteiger partial charge in [-0.1, -0.05) is 0 Å². The highest BCUT2D eigenvalue weighted by molar-refractivity contribution is 7.89. The summed E-state index contributed by atoms with van der Waals surface area (Å²) in [5.74, 6) is -0.762. The summed E-state index contributed by atoms with van der Waals surface area (Å²) in [6, 6.07) is 0. The molecule has 0 fully saturated rings. The van der Waals surface area contributed by atoms with Gasteiger partial charge in [-0.2, -0.15) is 5.10 Å². The minimum atomic E-state index is -3.97. The fourth-order valence-electron chi connectivity index (χ4n) is 1.58. The Balaban J connectivity index is 3.05. The number of H-pyrrole nitrogens is 1. The van der Waals surface area contributed by atoms with Gasteiger partial charge in [-0.15, -0.1) is 0 Å². The molecule has 1 aromatic rings. The zero-order valence-corrected chi connectivity index (χ0v) is 12.5. The first-order chi connectivity index (χ1) is 9.23. The molecule has 0 radical (unpaired) electrons. The Morgan fingerprint density at radius 3 is 2.75 bits per heavy atom. The number of aromatic amines is 1. The number of nitrogens with one attached hydrogen (secondary N) is 2. The van der Waals surface area contributed by atoms with Crippen LogP contribution in [0, 0.1) is 0 Å². The van der Waals surface area contributed by atoms with Gasteiger partial charge in [0.2, 0.25) is 0 Å². The molecule has 8 nitrogen and oxygen atoms in total. The van der Waals surface area contributed by atoms with Gasteiger partial charge >= 0.3 is 5.97 Å². The molecule has 0 unspecified atom stereocenters. The van der Waals surface area contributed by atoms with Crippen molar-refractivity contribution in [3.63, 3.8) is 0 Å². The normalized spacial score (nSPS) is 12.4. The van der Waals surface area contributed by atoms with E-state index in [2.05, 4.69) is 14.9 Å². The molecule has 0 atom stereocenters. The van der Waals surface area contributed by atoms with E-state index in [4.69, 9.17) is 9.84 Å². The molecule has 1 rings (SSSR count). The SMILES string of the molecule is CCOC(=O)c1cn[nH]c1S(=O)(=O)NC(C)(C)CCO. The number of esters is 1. The molecule has 20 heavy (non-hydrogen) atoms. The topological polar surface area (TPSA) is 121 Å². The Labute approximate surface area is 117 Å². The van der Waals surface area contributed by atoms with Gasteiger partial charge in [0.15, 0.2) is 5.03 Å². The molecular formula is C11H19N3O5S. The first-order valence-corrected chi connectivity index (χ1v) is 7.57. The van der Waals surface area contributed by atoms with Crippen molar-refractivity contribution in [2.45, 2.75) is 37.8 Å². The maximum atomic E-state index is 12.2. The molecule has 0 aliphatic carbocycles. The number of hydrogen-bond acceptors (Lipinski definition) is 6. The predicted octanol–water partition coefficient (Wildman–Crippen LogP) is 0.0257. The molecular weight excluding hydrogens is 286 g/mol. The average Bonchev–Trinajstić information content (AvgIpc) is 2.76. The van der Waals surface area contributed by atoms with E-state index in [1.807, 2.05) is 0 Å². The lowest BCUT2D eigenvalue weighted by Gasteiger charge is -2.24. The van der Waals surface area contributed by atoms with Crippen LogP contribution in [0.3, 0.4) is 0 Å². The monoisotopic (exact) mass is 305 g/mol. The van der Waals surface area contributed by atoms with Crippen molar-refractivity contribution < 1.29 is 23.1 Å². The van der Waals surface area contributed by atoms with Crippen molar-refractivity contribution in [2.75, 3.05) is 13.2 Å². The number of aliphatic hydroxyl groups is 1. The summed E-state index contributed by atoms with van der Waals surface area (Å²) < 4.78 is 31.7. The smallest absolute Gasteiger partial charge is 0.342 e. The number of carbonyl (C=O) groups excluding carboxylic acids is 1. The van der Waals surface area contributed by atoms with Crippen LogP contribution in [0.15, 0.2) is 11.2 Å². The van der Waals surface area contributed by atoms with Gasteiger partial charge in [0.25, 0.3) is 10.0 Å². The van der Waals surface area contributed by atoms with Gasteiger partial charge in [0, 0.05) is 12.1 Å². The second kappa shape index (κ2) is 6.33. The first-order valence-electron chi connectivity index (χ1n) is 6.09. The van der Waals surface area contributed by atoms with Crippen molar-refractivity contribution in [1.29, 1.82) is 0 Å². The highest BCUT2D eigenvalue weighted by Gasteiger charge is 2.31. The maximum Gasteiger partial charge on any atom is 0.342 e. The Kier molecular flexibility index (Phi) is 5.26. The van der Waals surface area contributed by atoms with Crippen LogP contribution < -0.4 is 4.72 Å². The van der Waals surface area contributed by atoms with Gasteiger partial charge in [-0.25, -0.2) is 17.9 Å². The standard InChI is InChI=1S/C11H19N3O5S/c1-4-19-10(16)8-7-12-13-9(8)20(17,18)14-11(2,3)5-6-15/h7,14-15H,4-6H2,1-3H3,(H,12,13). The maximum absolute atomic E-state index is 12.2. The number of aromatic nitrogens is 2. The number of sulfonamides is 1. The second-order valence-corrected chi connectivity index (χ2v) is 6.42. The van der Waals surface area contributed by atoms with E-state index in [0.29, 0.717) is 0 Å². The molecule has 1 heterocycles. The lowest BCUT2D eigenvalue weighted by Crippen LogP contribution is -2.44. The van der Waals surface area contributed by atoms with Gasteiger partial charge in [0.1, 0.15) is 5.56 Å². The van der Waals surface area contributed by atoms with E-state index in [1.165, 1.54) is 0 Å². The molecule has 0 saturated carbocycles. The Morgan fingerprint density at radius 2 is 2.20 bits per heavy atom. The van der Waals surface area contributed by atoms with Crippen molar-refractivity contribution in [3.05, 3.63) is 11.8 Å². The van der Waals surface area contributed by atoms with Gasteiger partial charge in [-0.05, 0) is 27.2 Å². The van der Waals surface area contributed by atoms with Gasteiger partial charge < -0.3 is 9.84 Å². The molecule has 0 amide bonds. The van der Waals surface area contributed by atoms with Crippen molar-refractivity contribution >= 4 is 16.0 Å². The summed E-state index contributed by atoms with van der Waals surface area (Å²) >= 11 is 0. The highest BCUT2D eigenvalue weighted by atomic mass is 32.2. The lowest BCUT2D eigenvalue weighted by atomic mass is 10.0. The van der Waals surface area contributed by atoms with E-state index in [0.717, 1.165) is 6.20 Å². The Morgan fingerprint density at radius 1 is 1.55 bits per heavy atom. The third kappa shape index (κ3) is 4.02. The van der Waals surface area contributed by atoms with E-state index in [-0.39, 0.29) is 30.2 Å². The largest absolute Gasteiger partial charge is 0.462 e. The van der Waals surface area contributed by atoms with Crippen molar-refractivity contribution in [3.8, 4) is 0 Å². The van der Waals surface area contributed by atoms with E-state index in [9.17, 15) is 13.2 Å². The van der Waals surface area contributed by atoms with Crippen molar-refractivity contribution in [1.82, 2.24) is 14.9 Å².